The third kappa shape index (κ3) is 3.69. The van der Waals surface area contributed by atoms with Crippen LogP contribution in [0, 0.1) is 3.70 Å². The molecule has 1 aromatic rings. The molecule has 0 saturated carbocycles. The first kappa shape index (κ1) is 14.8. The Morgan fingerprint density at radius 3 is 2.84 bits per heavy atom. The third-order valence-electron chi connectivity index (χ3n) is 2.87. The number of nitrogens with zero attached hydrogens (tertiary/aromatic N) is 3. The fourth-order valence-corrected chi connectivity index (χ4v) is 2.87. The molecule has 6 nitrogen and oxygen atoms in total. The van der Waals surface area contributed by atoms with Crippen molar-refractivity contribution in [3.8, 4) is 0 Å². The molecular formula is C11H13BrIN3O3. The molecule has 1 aliphatic heterocycles. The van der Waals surface area contributed by atoms with Crippen LogP contribution in [0.5, 0.6) is 0 Å². The van der Waals surface area contributed by atoms with Gasteiger partial charge in [0.2, 0.25) is 0 Å². The van der Waals surface area contributed by atoms with Gasteiger partial charge in [0.25, 0.3) is 0 Å². The van der Waals surface area contributed by atoms with Crippen molar-refractivity contribution in [1.82, 2.24) is 9.88 Å². The number of anilines is 1. The SMILES string of the molecule is O=C(O)N1CCN(c2nc(I)ccc2Br)CC(O)C1. The molecule has 1 amide bonds. The summed E-state index contributed by atoms with van der Waals surface area (Å²) in [6, 6.07) is 3.78. The van der Waals surface area contributed by atoms with Gasteiger partial charge < -0.3 is 20.0 Å². The number of halogens is 2. The highest BCUT2D eigenvalue weighted by molar-refractivity contribution is 14.1. The van der Waals surface area contributed by atoms with Crippen molar-refractivity contribution >= 4 is 50.4 Å². The number of aromatic nitrogens is 1. The van der Waals surface area contributed by atoms with Gasteiger partial charge in [0.1, 0.15) is 9.52 Å². The van der Waals surface area contributed by atoms with Crippen molar-refractivity contribution in [2.45, 2.75) is 6.10 Å². The summed E-state index contributed by atoms with van der Waals surface area (Å²) < 4.78 is 1.69. The lowest BCUT2D eigenvalue weighted by atomic mass is 10.3. The number of aliphatic hydroxyl groups excluding tert-OH is 1. The van der Waals surface area contributed by atoms with Gasteiger partial charge in [-0.15, -0.1) is 0 Å². The Balaban J connectivity index is 2.21. The second kappa shape index (κ2) is 6.23. The van der Waals surface area contributed by atoms with Crippen LogP contribution in [0.3, 0.4) is 0 Å². The minimum Gasteiger partial charge on any atom is -0.465 e. The van der Waals surface area contributed by atoms with Gasteiger partial charge in [-0.1, -0.05) is 0 Å². The Labute approximate surface area is 132 Å². The molecule has 104 valence electrons. The van der Waals surface area contributed by atoms with E-state index in [0.29, 0.717) is 19.6 Å². The molecule has 2 rings (SSSR count). The molecule has 0 bridgehead atoms. The normalized spacial score (nSPS) is 20.3. The van der Waals surface area contributed by atoms with E-state index in [0.717, 1.165) is 14.0 Å². The summed E-state index contributed by atoms with van der Waals surface area (Å²) in [5.41, 5.74) is 0. The van der Waals surface area contributed by atoms with E-state index in [1.165, 1.54) is 4.90 Å². The molecule has 8 heteroatoms. The van der Waals surface area contributed by atoms with Crippen molar-refractivity contribution in [2.24, 2.45) is 0 Å². The first-order valence-corrected chi connectivity index (χ1v) is 7.57. The van der Waals surface area contributed by atoms with E-state index in [9.17, 15) is 9.90 Å². The van der Waals surface area contributed by atoms with Gasteiger partial charge in [0.15, 0.2) is 0 Å². The summed E-state index contributed by atoms with van der Waals surface area (Å²) in [6.45, 7) is 1.36. The molecule has 1 saturated heterocycles. The van der Waals surface area contributed by atoms with Crippen molar-refractivity contribution in [3.63, 3.8) is 0 Å². The molecule has 0 aliphatic carbocycles. The maximum absolute atomic E-state index is 11.0. The Kier molecular flexibility index (Phi) is 4.85. The summed E-state index contributed by atoms with van der Waals surface area (Å²) >= 11 is 5.56. The van der Waals surface area contributed by atoms with Crippen LogP contribution in [-0.2, 0) is 0 Å². The minimum atomic E-state index is -1.00. The second-order valence-corrected chi connectivity index (χ2v) is 6.23. The highest BCUT2D eigenvalue weighted by atomic mass is 127. The number of amides is 1. The van der Waals surface area contributed by atoms with Gasteiger partial charge in [-0.05, 0) is 50.7 Å². The summed E-state index contributed by atoms with van der Waals surface area (Å²) in [5, 5.41) is 18.9. The highest BCUT2D eigenvalue weighted by Crippen LogP contribution is 2.25. The minimum absolute atomic E-state index is 0.132. The Bertz CT molecular complexity index is 488. The number of carbonyl (C=O) groups is 1. The zero-order valence-corrected chi connectivity index (χ0v) is 13.7. The Hall–Kier alpha value is -0.610. The fraction of sp³-hybridized carbons (Fsp3) is 0.455. The number of β-amino-alcohol motifs (C(OH)–C–C–N with tert-alkyl or cyclic N) is 1. The van der Waals surface area contributed by atoms with Crippen LogP contribution in [0.15, 0.2) is 16.6 Å². The van der Waals surface area contributed by atoms with Crippen LogP contribution < -0.4 is 4.90 Å². The average molecular weight is 442 g/mol. The molecule has 1 fully saturated rings. The van der Waals surface area contributed by atoms with E-state index in [4.69, 9.17) is 5.11 Å². The summed E-state index contributed by atoms with van der Waals surface area (Å²) in [5.74, 6) is 0.734. The standard InChI is InChI=1S/C11H13BrIN3O3/c12-8-1-2-9(13)14-10(8)15-3-4-16(11(18)19)6-7(17)5-15/h1-2,7,17H,3-6H2,(H,18,19). The van der Waals surface area contributed by atoms with E-state index < -0.39 is 12.2 Å². The monoisotopic (exact) mass is 441 g/mol. The fourth-order valence-electron chi connectivity index (χ4n) is 1.99. The van der Waals surface area contributed by atoms with Gasteiger partial charge in [-0.3, -0.25) is 0 Å². The number of hydrogen-bond acceptors (Lipinski definition) is 4. The van der Waals surface area contributed by atoms with Gasteiger partial charge in [0.05, 0.1) is 17.1 Å². The first-order valence-electron chi connectivity index (χ1n) is 5.70. The topological polar surface area (TPSA) is 76.9 Å². The Morgan fingerprint density at radius 1 is 1.42 bits per heavy atom. The van der Waals surface area contributed by atoms with Crippen molar-refractivity contribution in [1.29, 1.82) is 0 Å². The number of hydrogen-bond donors (Lipinski definition) is 2. The van der Waals surface area contributed by atoms with E-state index in [2.05, 4.69) is 43.5 Å². The van der Waals surface area contributed by atoms with E-state index in [-0.39, 0.29) is 6.54 Å². The summed E-state index contributed by atoms with van der Waals surface area (Å²) in [7, 11) is 0. The smallest absolute Gasteiger partial charge is 0.407 e. The Morgan fingerprint density at radius 2 is 2.16 bits per heavy atom. The molecule has 0 aromatic carbocycles. The second-order valence-electron chi connectivity index (χ2n) is 4.27. The van der Waals surface area contributed by atoms with Crippen LogP contribution in [0.1, 0.15) is 0 Å². The van der Waals surface area contributed by atoms with Crippen LogP contribution >= 0.6 is 38.5 Å². The van der Waals surface area contributed by atoms with Gasteiger partial charge in [-0.25, -0.2) is 9.78 Å². The summed E-state index contributed by atoms with van der Waals surface area (Å²) in [4.78, 5) is 18.5. The van der Waals surface area contributed by atoms with Crippen LogP contribution in [-0.4, -0.2) is 58.5 Å². The lowest BCUT2D eigenvalue weighted by molar-refractivity contribution is 0.110. The zero-order chi connectivity index (χ0) is 14.0. The maximum atomic E-state index is 11.0. The van der Waals surface area contributed by atoms with Crippen molar-refractivity contribution in [2.75, 3.05) is 31.1 Å². The maximum Gasteiger partial charge on any atom is 0.407 e. The zero-order valence-electron chi connectivity index (χ0n) is 9.96. The number of carboxylic acid groups (broad SMARTS) is 1. The molecule has 19 heavy (non-hydrogen) atoms. The molecular weight excluding hydrogens is 429 g/mol. The molecule has 1 atom stereocenters. The van der Waals surface area contributed by atoms with Crippen molar-refractivity contribution in [3.05, 3.63) is 20.3 Å². The first-order chi connectivity index (χ1) is 8.97. The molecule has 2 N–H and O–H groups in total. The van der Waals surface area contributed by atoms with Gasteiger partial charge in [-0.2, -0.15) is 0 Å². The van der Waals surface area contributed by atoms with E-state index in [1.807, 2.05) is 17.0 Å². The average Bonchev–Trinajstić information content (AvgIpc) is 2.54. The number of aliphatic hydroxyl groups is 1. The molecule has 1 unspecified atom stereocenters. The molecule has 1 aromatic heterocycles. The summed E-state index contributed by atoms with van der Waals surface area (Å²) in [6.07, 6.45) is -1.72. The molecule has 0 spiro atoms. The molecule has 0 radical (unpaired) electrons. The highest BCUT2D eigenvalue weighted by Gasteiger charge is 2.25. The quantitative estimate of drug-likeness (QED) is 0.511. The van der Waals surface area contributed by atoms with Crippen molar-refractivity contribution < 1.29 is 15.0 Å². The third-order valence-corrected chi connectivity index (χ3v) is 4.09. The number of pyridine rings is 1. The van der Waals surface area contributed by atoms with Gasteiger partial charge >= 0.3 is 6.09 Å². The molecule has 1 aliphatic rings. The van der Waals surface area contributed by atoms with Crippen LogP contribution in [0.4, 0.5) is 10.6 Å². The van der Waals surface area contributed by atoms with E-state index in [1.54, 1.807) is 0 Å². The lowest BCUT2D eigenvalue weighted by Gasteiger charge is -2.23. The van der Waals surface area contributed by atoms with Crippen LogP contribution in [0.2, 0.25) is 0 Å². The predicted octanol–water partition coefficient (Wildman–Crippen LogP) is 1.61. The number of rotatable bonds is 1. The van der Waals surface area contributed by atoms with Crippen LogP contribution in [0.25, 0.3) is 0 Å². The molecule has 2 heterocycles. The van der Waals surface area contributed by atoms with Gasteiger partial charge in [0, 0.05) is 19.6 Å². The van der Waals surface area contributed by atoms with E-state index >= 15 is 0 Å². The predicted molar refractivity (Wildman–Crippen MR) is 82.5 cm³/mol. The lowest BCUT2D eigenvalue weighted by Crippen LogP contribution is -2.36. The largest absolute Gasteiger partial charge is 0.465 e.